The molecule has 0 aromatic heterocycles. The lowest BCUT2D eigenvalue weighted by Gasteiger charge is -2.17. The first-order chi connectivity index (χ1) is 7.99. The maximum Gasteiger partial charge on any atom is 0.342 e. The third-order valence-electron chi connectivity index (χ3n) is 2.16. The zero-order valence-electron chi connectivity index (χ0n) is 9.12. The molecule has 0 aliphatic rings. The fourth-order valence-corrected chi connectivity index (χ4v) is 1.63. The Morgan fingerprint density at radius 2 is 2.24 bits per heavy atom. The molecule has 1 aromatic carbocycles. The van der Waals surface area contributed by atoms with Gasteiger partial charge in [-0.3, -0.25) is 0 Å². The number of halogens is 3. The Balaban J connectivity index is 2.96. The molecule has 1 aromatic rings. The summed E-state index contributed by atoms with van der Waals surface area (Å²) in [5.74, 6) is -1.88. The van der Waals surface area contributed by atoms with Crippen LogP contribution in [0.25, 0.3) is 0 Å². The summed E-state index contributed by atoms with van der Waals surface area (Å²) < 4.78 is 31.5. The van der Waals surface area contributed by atoms with Crippen LogP contribution in [0.4, 0.5) is 8.78 Å². The molecular weight excluding hydrogens is 252 g/mol. The minimum absolute atomic E-state index is 0.0237. The molecule has 0 radical (unpaired) electrons. The number of alkyl halides is 1. The van der Waals surface area contributed by atoms with Gasteiger partial charge in [-0.25, -0.2) is 13.6 Å². The minimum Gasteiger partial charge on any atom is -0.464 e. The number of esters is 1. The Labute approximate surface area is 103 Å². The molecule has 1 unspecified atom stereocenters. The van der Waals surface area contributed by atoms with E-state index < -0.39 is 24.0 Å². The molecule has 94 valence electrons. The van der Waals surface area contributed by atoms with Gasteiger partial charge in [-0.15, -0.1) is 0 Å². The number of nitrogens with two attached hydrogens (primary N) is 1. The maximum absolute atomic E-state index is 13.6. The third-order valence-corrected chi connectivity index (χ3v) is 2.49. The van der Waals surface area contributed by atoms with Crippen LogP contribution in [0, 0.1) is 5.82 Å². The van der Waals surface area contributed by atoms with Gasteiger partial charge in [0.2, 0.25) is 6.17 Å². The van der Waals surface area contributed by atoms with E-state index in [-0.39, 0.29) is 17.2 Å². The molecule has 0 aliphatic carbocycles. The normalized spacial score (nSPS) is 14.2. The van der Waals surface area contributed by atoms with Gasteiger partial charge < -0.3 is 10.5 Å². The predicted octanol–water partition coefficient (Wildman–Crippen LogP) is 2.38. The second kappa shape index (κ2) is 5.93. The summed E-state index contributed by atoms with van der Waals surface area (Å²) in [4.78, 5) is 11.1. The number of hydrogen-bond acceptors (Lipinski definition) is 3. The molecule has 0 saturated heterocycles. The summed E-state index contributed by atoms with van der Waals surface area (Å²) >= 11 is 5.71. The van der Waals surface area contributed by atoms with Gasteiger partial charge in [0.05, 0.1) is 12.6 Å². The minimum atomic E-state index is -2.15. The van der Waals surface area contributed by atoms with Gasteiger partial charge in [0.25, 0.3) is 0 Å². The molecule has 2 atom stereocenters. The van der Waals surface area contributed by atoms with Gasteiger partial charge in [0.15, 0.2) is 0 Å². The molecule has 3 nitrogen and oxygen atoms in total. The van der Waals surface area contributed by atoms with E-state index in [1.54, 1.807) is 0 Å². The van der Waals surface area contributed by atoms with Crippen molar-refractivity contribution < 1.29 is 18.3 Å². The van der Waals surface area contributed by atoms with E-state index in [9.17, 15) is 13.6 Å². The van der Waals surface area contributed by atoms with Crippen LogP contribution in [-0.4, -0.2) is 18.7 Å². The van der Waals surface area contributed by atoms with E-state index in [4.69, 9.17) is 17.3 Å². The van der Waals surface area contributed by atoms with Crippen LogP contribution in [0.15, 0.2) is 18.2 Å². The summed E-state index contributed by atoms with van der Waals surface area (Å²) in [7, 11) is 0. The summed E-state index contributed by atoms with van der Waals surface area (Å²) in [6.45, 7) is 1.56. The van der Waals surface area contributed by atoms with Crippen molar-refractivity contribution >= 4 is 17.6 Å². The predicted molar refractivity (Wildman–Crippen MR) is 59.9 cm³/mol. The maximum atomic E-state index is 13.6. The van der Waals surface area contributed by atoms with Crippen LogP contribution in [0.5, 0.6) is 0 Å². The number of carbonyl (C=O) groups is 1. The molecular formula is C11H12ClF2NO2. The van der Waals surface area contributed by atoms with E-state index in [2.05, 4.69) is 4.74 Å². The number of ether oxygens (including phenoxy) is 1. The molecule has 0 spiro atoms. The van der Waals surface area contributed by atoms with Gasteiger partial charge in [0.1, 0.15) is 5.82 Å². The molecule has 0 bridgehead atoms. The lowest BCUT2D eigenvalue weighted by Crippen LogP contribution is -2.32. The van der Waals surface area contributed by atoms with Gasteiger partial charge in [-0.05, 0) is 19.1 Å². The standard InChI is InChI=1S/C11H12ClF2NO2/c1-2-17-11(16)9(14)10(15)8-6(12)4-3-5-7(8)13/h3-5,9-10H,2,15H2,1H3/t9?,10-/m1/s1. The van der Waals surface area contributed by atoms with Crippen molar-refractivity contribution in [3.8, 4) is 0 Å². The summed E-state index contributed by atoms with van der Waals surface area (Å²) in [5, 5.41) is -0.0237. The van der Waals surface area contributed by atoms with Crippen LogP contribution < -0.4 is 5.73 Å². The Bertz CT molecular complexity index is 394. The third kappa shape index (κ3) is 3.14. The van der Waals surface area contributed by atoms with Gasteiger partial charge in [-0.2, -0.15) is 0 Å². The Kier molecular flexibility index (Phi) is 4.84. The van der Waals surface area contributed by atoms with E-state index in [0.717, 1.165) is 6.07 Å². The highest BCUT2D eigenvalue weighted by atomic mass is 35.5. The summed E-state index contributed by atoms with van der Waals surface area (Å²) in [6.07, 6.45) is -2.15. The highest BCUT2D eigenvalue weighted by molar-refractivity contribution is 6.31. The average molecular weight is 264 g/mol. The van der Waals surface area contributed by atoms with Crippen molar-refractivity contribution in [2.45, 2.75) is 19.1 Å². The second-order valence-corrected chi connectivity index (χ2v) is 3.72. The number of hydrogen-bond donors (Lipinski definition) is 1. The van der Waals surface area contributed by atoms with Crippen molar-refractivity contribution in [1.29, 1.82) is 0 Å². The summed E-state index contributed by atoms with van der Waals surface area (Å²) in [6, 6.07) is 2.35. The second-order valence-electron chi connectivity index (χ2n) is 3.31. The monoisotopic (exact) mass is 263 g/mol. The highest BCUT2D eigenvalue weighted by Gasteiger charge is 2.31. The molecule has 17 heavy (non-hydrogen) atoms. The van der Waals surface area contributed by atoms with Crippen LogP contribution >= 0.6 is 11.6 Å². The molecule has 0 saturated carbocycles. The van der Waals surface area contributed by atoms with Crippen molar-refractivity contribution in [3.05, 3.63) is 34.6 Å². The van der Waals surface area contributed by atoms with Gasteiger partial charge in [0, 0.05) is 10.6 Å². The van der Waals surface area contributed by atoms with E-state index >= 15 is 0 Å². The molecule has 0 aliphatic heterocycles. The molecule has 0 heterocycles. The fourth-order valence-electron chi connectivity index (χ4n) is 1.34. The first kappa shape index (κ1) is 13.9. The number of carbonyl (C=O) groups excluding carboxylic acids is 1. The zero-order valence-corrected chi connectivity index (χ0v) is 9.88. The quantitative estimate of drug-likeness (QED) is 0.849. The Morgan fingerprint density at radius 3 is 2.76 bits per heavy atom. The SMILES string of the molecule is CCOC(=O)C(F)[C@H](N)c1c(F)cccc1Cl. The van der Waals surface area contributed by atoms with Gasteiger partial charge >= 0.3 is 5.97 Å². The van der Waals surface area contributed by atoms with Crippen molar-refractivity contribution in [2.75, 3.05) is 6.61 Å². The molecule has 2 N–H and O–H groups in total. The smallest absolute Gasteiger partial charge is 0.342 e. The molecule has 0 fully saturated rings. The fraction of sp³-hybridized carbons (Fsp3) is 0.364. The van der Waals surface area contributed by atoms with E-state index in [1.807, 2.05) is 0 Å². The van der Waals surface area contributed by atoms with Gasteiger partial charge in [-0.1, -0.05) is 17.7 Å². The van der Waals surface area contributed by atoms with Crippen LogP contribution in [0.2, 0.25) is 5.02 Å². The largest absolute Gasteiger partial charge is 0.464 e. The van der Waals surface area contributed by atoms with Crippen LogP contribution in [0.3, 0.4) is 0 Å². The van der Waals surface area contributed by atoms with Crippen LogP contribution in [-0.2, 0) is 9.53 Å². The van der Waals surface area contributed by atoms with Crippen molar-refractivity contribution in [3.63, 3.8) is 0 Å². The highest BCUT2D eigenvalue weighted by Crippen LogP contribution is 2.28. The molecule has 6 heteroatoms. The van der Waals surface area contributed by atoms with E-state index in [0.29, 0.717) is 0 Å². The number of benzene rings is 1. The average Bonchev–Trinajstić information content (AvgIpc) is 2.27. The lowest BCUT2D eigenvalue weighted by molar-refractivity contribution is -0.149. The lowest BCUT2D eigenvalue weighted by atomic mass is 10.0. The first-order valence-electron chi connectivity index (χ1n) is 4.99. The summed E-state index contributed by atoms with van der Waals surface area (Å²) in [5.41, 5.74) is 5.24. The topological polar surface area (TPSA) is 52.3 Å². The molecule has 0 amide bonds. The zero-order chi connectivity index (χ0) is 13.0. The molecule has 1 rings (SSSR count). The van der Waals surface area contributed by atoms with Crippen molar-refractivity contribution in [2.24, 2.45) is 5.73 Å². The van der Waals surface area contributed by atoms with Crippen molar-refractivity contribution in [1.82, 2.24) is 0 Å². The first-order valence-corrected chi connectivity index (χ1v) is 5.37. The Hall–Kier alpha value is -1.20. The number of rotatable bonds is 4. The Morgan fingerprint density at radius 1 is 1.59 bits per heavy atom. The van der Waals surface area contributed by atoms with Crippen LogP contribution in [0.1, 0.15) is 18.5 Å². The van der Waals surface area contributed by atoms with E-state index in [1.165, 1.54) is 19.1 Å².